The minimum atomic E-state index is -0.748. The lowest BCUT2D eigenvalue weighted by atomic mass is 10.2. The summed E-state index contributed by atoms with van der Waals surface area (Å²) in [6.45, 7) is -0.165. The molecule has 0 spiro atoms. The summed E-state index contributed by atoms with van der Waals surface area (Å²) >= 11 is 17.9. The maximum Gasteiger partial charge on any atom is 0.295 e. The van der Waals surface area contributed by atoms with E-state index in [0.717, 1.165) is 0 Å². The molecule has 1 aromatic heterocycles. The Labute approximate surface area is 179 Å². The third-order valence-electron chi connectivity index (χ3n) is 3.73. The lowest BCUT2D eigenvalue weighted by Gasteiger charge is -2.13. The van der Waals surface area contributed by atoms with Gasteiger partial charge in [-0.05, 0) is 18.2 Å². The third kappa shape index (κ3) is 4.84. The van der Waals surface area contributed by atoms with Crippen LogP contribution in [0.1, 0.15) is 16.1 Å². The molecule has 152 valence electrons. The van der Waals surface area contributed by atoms with Gasteiger partial charge in [0, 0.05) is 28.9 Å². The molecule has 29 heavy (non-hydrogen) atoms. The minimum absolute atomic E-state index is 0.00139. The number of nitrogens with one attached hydrogen (secondary N) is 2. The highest BCUT2D eigenvalue weighted by Gasteiger charge is 2.19. The summed E-state index contributed by atoms with van der Waals surface area (Å²) in [6, 6.07) is 7.41. The number of nitrogens with two attached hydrogens (primary N) is 1. The third-order valence-corrected chi connectivity index (χ3v) is 4.52. The number of methoxy groups -OCH3 is 1. The topological polar surface area (TPSA) is 102 Å². The Morgan fingerprint density at radius 2 is 2.03 bits per heavy atom. The normalized spacial score (nSPS) is 10.7. The average Bonchev–Trinajstić information content (AvgIpc) is 3.04. The van der Waals surface area contributed by atoms with Crippen LogP contribution in [0.15, 0.2) is 30.3 Å². The van der Waals surface area contributed by atoms with Gasteiger partial charge in [0.1, 0.15) is 10.9 Å². The average molecular weight is 460 g/mol. The van der Waals surface area contributed by atoms with E-state index in [1.165, 1.54) is 37.4 Å². The van der Waals surface area contributed by atoms with E-state index in [1.54, 1.807) is 0 Å². The summed E-state index contributed by atoms with van der Waals surface area (Å²) in [4.78, 5) is 18.7. The second kappa shape index (κ2) is 8.77. The van der Waals surface area contributed by atoms with Gasteiger partial charge in [-0.1, -0.05) is 40.9 Å². The molecule has 0 aliphatic carbocycles. The van der Waals surface area contributed by atoms with E-state index in [-0.39, 0.29) is 45.5 Å². The molecule has 0 radical (unpaired) electrons. The van der Waals surface area contributed by atoms with Crippen molar-refractivity contribution in [3.8, 4) is 17.5 Å². The standard InChI is InChI=1S/C18H14Cl3FN4O3/c1-28-18-25-14(16(21)26-18)17(27)24-7-8-2-3-12(20)15(13(8)22)29-11-5-9(19)4-10(23)6-11/h2-6H,7,23H2,1H3,(H,24,27)(H,25,26). The van der Waals surface area contributed by atoms with Crippen LogP contribution < -0.4 is 20.5 Å². The first-order chi connectivity index (χ1) is 13.8. The Balaban J connectivity index is 1.79. The van der Waals surface area contributed by atoms with Crippen molar-refractivity contribution in [3.05, 3.63) is 62.6 Å². The van der Waals surface area contributed by atoms with Crippen molar-refractivity contribution < 1.29 is 18.7 Å². The number of rotatable bonds is 6. The van der Waals surface area contributed by atoms with Crippen molar-refractivity contribution in [1.82, 2.24) is 15.3 Å². The summed E-state index contributed by atoms with van der Waals surface area (Å²) in [5, 5.41) is 2.88. The van der Waals surface area contributed by atoms with Gasteiger partial charge in [0.05, 0.1) is 12.1 Å². The maximum absolute atomic E-state index is 14.9. The Kier molecular flexibility index (Phi) is 6.36. The Morgan fingerprint density at radius 3 is 2.69 bits per heavy atom. The number of carbonyl (C=O) groups is 1. The quantitative estimate of drug-likeness (QED) is 0.459. The summed E-state index contributed by atoms with van der Waals surface area (Å²) in [7, 11) is 1.37. The largest absolute Gasteiger partial charge is 0.468 e. The highest BCUT2D eigenvalue weighted by molar-refractivity contribution is 6.32. The summed E-state index contributed by atoms with van der Waals surface area (Å²) < 4.78 is 25.3. The molecule has 1 amide bonds. The van der Waals surface area contributed by atoms with Gasteiger partial charge in [-0.25, -0.2) is 4.39 Å². The zero-order chi connectivity index (χ0) is 21.1. The molecule has 0 saturated carbocycles. The molecular formula is C18H14Cl3FN4O3. The maximum atomic E-state index is 14.9. The van der Waals surface area contributed by atoms with Crippen LogP contribution in [0.4, 0.5) is 10.1 Å². The van der Waals surface area contributed by atoms with E-state index < -0.39 is 11.7 Å². The SMILES string of the molecule is COc1nc(C(=O)NCc2ccc(Cl)c(Oc3cc(N)cc(Cl)c3)c2F)c(Cl)[nH]1. The molecule has 0 saturated heterocycles. The number of anilines is 1. The molecule has 1 heterocycles. The van der Waals surface area contributed by atoms with Gasteiger partial charge in [-0.3, -0.25) is 9.78 Å². The van der Waals surface area contributed by atoms with Gasteiger partial charge in [0.2, 0.25) is 0 Å². The fraction of sp³-hybridized carbons (Fsp3) is 0.111. The van der Waals surface area contributed by atoms with Crippen LogP contribution in [-0.2, 0) is 6.54 Å². The van der Waals surface area contributed by atoms with Gasteiger partial charge in [0.15, 0.2) is 17.3 Å². The second-order valence-corrected chi connectivity index (χ2v) is 6.98. The zero-order valence-electron chi connectivity index (χ0n) is 14.9. The van der Waals surface area contributed by atoms with Gasteiger partial charge in [0.25, 0.3) is 11.9 Å². The monoisotopic (exact) mass is 458 g/mol. The van der Waals surface area contributed by atoms with Crippen LogP contribution >= 0.6 is 34.8 Å². The molecule has 3 rings (SSSR count). The number of ether oxygens (including phenoxy) is 2. The number of amides is 1. The molecule has 0 unspecified atom stereocenters. The number of nitrogens with zero attached hydrogens (tertiary/aromatic N) is 1. The van der Waals surface area contributed by atoms with Crippen molar-refractivity contribution in [1.29, 1.82) is 0 Å². The van der Waals surface area contributed by atoms with E-state index in [9.17, 15) is 9.18 Å². The molecule has 0 fully saturated rings. The number of benzene rings is 2. The fourth-order valence-electron chi connectivity index (χ4n) is 2.40. The predicted octanol–water partition coefficient (Wildman–Crippen LogP) is 4.82. The van der Waals surface area contributed by atoms with Crippen LogP contribution in [0, 0.1) is 5.82 Å². The summed E-state index contributed by atoms with van der Waals surface area (Å²) in [6.07, 6.45) is 0. The number of nitrogen functional groups attached to an aromatic ring is 1. The molecule has 0 atom stereocenters. The molecule has 11 heteroatoms. The van der Waals surface area contributed by atoms with Crippen LogP contribution in [0.2, 0.25) is 15.2 Å². The molecule has 4 N–H and O–H groups in total. The number of aromatic amines is 1. The smallest absolute Gasteiger partial charge is 0.295 e. The van der Waals surface area contributed by atoms with E-state index in [0.29, 0.717) is 10.7 Å². The van der Waals surface area contributed by atoms with Crippen LogP contribution in [0.5, 0.6) is 17.5 Å². The van der Waals surface area contributed by atoms with Gasteiger partial charge in [-0.2, -0.15) is 4.98 Å². The van der Waals surface area contributed by atoms with Gasteiger partial charge in [-0.15, -0.1) is 0 Å². The second-order valence-electron chi connectivity index (χ2n) is 5.76. The molecule has 2 aromatic carbocycles. The first-order valence-corrected chi connectivity index (χ1v) is 9.20. The van der Waals surface area contributed by atoms with Crippen LogP contribution in [-0.4, -0.2) is 23.0 Å². The predicted molar refractivity (Wildman–Crippen MR) is 109 cm³/mol. The summed E-state index contributed by atoms with van der Waals surface area (Å²) in [5.74, 6) is -1.37. The van der Waals surface area contributed by atoms with Gasteiger partial charge < -0.3 is 20.5 Å². The molecule has 7 nitrogen and oxygen atoms in total. The Morgan fingerprint density at radius 1 is 1.28 bits per heavy atom. The lowest BCUT2D eigenvalue weighted by Crippen LogP contribution is -2.24. The molecular weight excluding hydrogens is 446 g/mol. The lowest BCUT2D eigenvalue weighted by molar-refractivity contribution is 0.0945. The Bertz CT molecular complexity index is 1050. The van der Waals surface area contributed by atoms with Crippen molar-refractivity contribution >= 4 is 46.4 Å². The number of aromatic nitrogens is 2. The van der Waals surface area contributed by atoms with Crippen molar-refractivity contribution in [2.24, 2.45) is 0 Å². The number of hydrogen-bond acceptors (Lipinski definition) is 5. The summed E-state index contributed by atoms with van der Waals surface area (Å²) in [5.41, 5.74) is 6.11. The minimum Gasteiger partial charge on any atom is -0.468 e. The zero-order valence-corrected chi connectivity index (χ0v) is 17.1. The number of halogens is 4. The van der Waals surface area contributed by atoms with E-state index in [1.807, 2.05) is 0 Å². The Hall–Kier alpha value is -2.68. The number of H-pyrrole nitrogens is 1. The van der Waals surface area contributed by atoms with Gasteiger partial charge >= 0.3 is 0 Å². The highest BCUT2D eigenvalue weighted by Crippen LogP contribution is 2.35. The van der Waals surface area contributed by atoms with Crippen molar-refractivity contribution in [2.75, 3.05) is 12.8 Å². The first-order valence-electron chi connectivity index (χ1n) is 8.07. The molecule has 3 aromatic rings. The van der Waals surface area contributed by atoms with Crippen LogP contribution in [0.25, 0.3) is 0 Å². The van der Waals surface area contributed by atoms with E-state index in [2.05, 4.69) is 15.3 Å². The first kappa shape index (κ1) is 21.0. The number of carbonyl (C=O) groups excluding carboxylic acids is 1. The fourth-order valence-corrected chi connectivity index (χ4v) is 3.03. The number of imidazole rings is 1. The van der Waals surface area contributed by atoms with Crippen molar-refractivity contribution in [3.63, 3.8) is 0 Å². The molecule has 0 aliphatic rings. The van der Waals surface area contributed by atoms with E-state index >= 15 is 0 Å². The molecule has 0 bridgehead atoms. The van der Waals surface area contributed by atoms with E-state index in [4.69, 9.17) is 50.0 Å². The van der Waals surface area contributed by atoms with Crippen molar-refractivity contribution in [2.45, 2.75) is 6.54 Å². The molecule has 0 aliphatic heterocycles. The highest BCUT2D eigenvalue weighted by atomic mass is 35.5. The number of hydrogen-bond donors (Lipinski definition) is 3. The van der Waals surface area contributed by atoms with Crippen LogP contribution in [0.3, 0.4) is 0 Å².